The molecule has 1 heterocycles. The van der Waals surface area contributed by atoms with Crippen molar-refractivity contribution in [2.75, 3.05) is 0 Å². The third-order valence-corrected chi connectivity index (χ3v) is 7.29. The van der Waals surface area contributed by atoms with Crippen LogP contribution in [0.15, 0.2) is 48.5 Å². The van der Waals surface area contributed by atoms with Crippen molar-refractivity contribution >= 4 is 17.9 Å². The van der Waals surface area contributed by atoms with Gasteiger partial charge in [-0.25, -0.2) is 0 Å². The molecular weight excluding hydrogens is 604 g/mol. The highest BCUT2D eigenvalue weighted by atomic mass is 16.5. The van der Waals surface area contributed by atoms with E-state index < -0.39 is 0 Å². The van der Waals surface area contributed by atoms with Crippen LogP contribution in [0.4, 0.5) is 0 Å². The first-order valence-electron chi connectivity index (χ1n) is 16.8. The molecule has 10 nitrogen and oxygen atoms in total. The maximum Gasteiger partial charge on any atom is 0.306 e. The molecule has 3 unspecified atom stereocenters. The van der Waals surface area contributed by atoms with Crippen molar-refractivity contribution in [2.45, 2.75) is 143 Å². The zero-order chi connectivity index (χ0) is 34.9. The van der Waals surface area contributed by atoms with Crippen LogP contribution in [0, 0.1) is 0 Å². The van der Waals surface area contributed by atoms with Crippen molar-refractivity contribution in [1.82, 2.24) is 0 Å². The predicted octanol–water partition coefficient (Wildman–Crippen LogP) is 5.82. The van der Waals surface area contributed by atoms with Gasteiger partial charge in [-0.2, -0.15) is 0 Å². The number of unbranched alkanes of at least 4 members (excludes halogenated alkanes) is 2. The van der Waals surface area contributed by atoms with Crippen LogP contribution in [0.3, 0.4) is 0 Å². The van der Waals surface area contributed by atoms with Crippen molar-refractivity contribution in [3.63, 3.8) is 0 Å². The van der Waals surface area contributed by atoms with Gasteiger partial charge in [0.05, 0.1) is 31.5 Å². The molecule has 10 heteroatoms. The fourth-order valence-corrected chi connectivity index (χ4v) is 4.42. The molecule has 3 atom stereocenters. The molecule has 1 fully saturated rings. The Labute approximate surface area is 280 Å². The monoisotopic (exact) mass is 660 g/mol. The van der Waals surface area contributed by atoms with Crippen molar-refractivity contribution in [3.8, 4) is 0 Å². The topological polar surface area (TPSA) is 160 Å². The molecule has 3 rings (SSSR count). The van der Waals surface area contributed by atoms with Gasteiger partial charge in [0.1, 0.15) is 13.2 Å². The lowest BCUT2D eigenvalue weighted by Gasteiger charge is -2.08. The summed E-state index contributed by atoms with van der Waals surface area (Å²) in [6.45, 7) is 5.99. The highest BCUT2D eigenvalue weighted by Crippen LogP contribution is 2.13. The summed E-state index contributed by atoms with van der Waals surface area (Å²) in [6.07, 6.45) is 8.43. The Morgan fingerprint density at radius 2 is 1.13 bits per heavy atom. The number of cyclic esters (lactones) is 1. The molecule has 0 spiro atoms. The molecular formula is C37H56O10. The Balaban J connectivity index is 0.000000465. The largest absolute Gasteiger partial charge is 0.463 e. The van der Waals surface area contributed by atoms with E-state index in [2.05, 4.69) is 0 Å². The van der Waals surface area contributed by atoms with E-state index in [0.717, 1.165) is 54.4 Å². The molecule has 0 bridgehead atoms. The fourth-order valence-electron chi connectivity index (χ4n) is 4.42. The molecule has 47 heavy (non-hydrogen) atoms. The van der Waals surface area contributed by atoms with Gasteiger partial charge in [0.15, 0.2) is 0 Å². The Morgan fingerprint density at radius 1 is 0.723 bits per heavy atom. The summed E-state index contributed by atoms with van der Waals surface area (Å²) in [6, 6.07) is 14.6. The number of benzene rings is 2. The number of esters is 3. The first-order chi connectivity index (χ1) is 22.5. The summed E-state index contributed by atoms with van der Waals surface area (Å²) < 4.78 is 15.5. The highest BCUT2D eigenvalue weighted by molar-refractivity contribution is 5.70. The lowest BCUT2D eigenvalue weighted by molar-refractivity contribution is -0.147. The summed E-state index contributed by atoms with van der Waals surface area (Å²) in [5, 5.41) is 35.6. The molecule has 0 aromatic heterocycles. The van der Waals surface area contributed by atoms with Crippen LogP contribution in [0.2, 0.25) is 0 Å². The lowest BCUT2D eigenvalue weighted by atomic mass is 10.1. The van der Waals surface area contributed by atoms with Crippen LogP contribution in [0.1, 0.15) is 120 Å². The zero-order valence-corrected chi connectivity index (χ0v) is 28.4. The number of hydrogen-bond acceptors (Lipinski definition) is 10. The molecule has 0 aliphatic carbocycles. The maximum atomic E-state index is 11.7. The summed E-state index contributed by atoms with van der Waals surface area (Å²) in [5.74, 6) is -0.501. The summed E-state index contributed by atoms with van der Waals surface area (Å²) >= 11 is 0. The second kappa shape index (κ2) is 25.7. The molecule has 0 radical (unpaired) electrons. The SMILES string of the molecule is CC(O)CCCCC(=O)OCc1ccc(COC(=O)CCCCC(C)O)cc1.CC1CCCCC(=O)O1.OCc1ccc(CO)cc1. The Hall–Kier alpha value is -3.31. The first kappa shape index (κ1) is 41.7. The van der Waals surface area contributed by atoms with E-state index in [0.29, 0.717) is 44.9 Å². The standard InChI is InChI=1S/C22H34O6.C8H10O2.C7H12O2/c1-17(23)7-3-5-9-21(25)27-15-19-11-13-20(14-12-19)16-28-22(26)10-6-4-8-18(2)24;9-5-7-1-2-8(6-10)4-3-7;1-6-4-2-3-5-7(8)9-6/h11-14,17-18,23-24H,3-10,15-16H2,1-2H3;1-4,9-10H,5-6H2;6H,2-5H2,1H3. The molecule has 0 amide bonds. The normalized spacial score (nSPS) is 15.4. The molecule has 0 saturated carbocycles. The zero-order valence-electron chi connectivity index (χ0n) is 28.4. The number of rotatable bonds is 16. The van der Waals surface area contributed by atoms with Gasteiger partial charge < -0.3 is 34.6 Å². The molecule has 4 N–H and O–H groups in total. The van der Waals surface area contributed by atoms with E-state index in [1.807, 2.05) is 31.2 Å². The first-order valence-corrected chi connectivity index (χ1v) is 16.8. The fraction of sp³-hybridized carbons (Fsp3) is 0.595. The summed E-state index contributed by atoms with van der Waals surface area (Å²) in [4.78, 5) is 34.1. The molecule has 1 saturated heterocycles. The predicted molar refractivity (Wildman–Crippen MR) is 179 cm³/mol. The minimum Gasteiger partial charge on any atom is -0.463 e. The number of aliphatic hydroxyl groups is 4. The van der Waals surface area contributed by atoms with E-state index in [-0.39, 0.29) is 62.6 Å². The smallest absolute Gasteiger partial charge is 0.306 e. The van der Waals surface area contributed by atoms with Crippen molar-refractivity contribution in [2.24, 2.45) is 0 Å². The van der Waals surface area contributed by atoms with Gasteiger partial charge in [-0.1, -0.05) is 61.4 Å². The average Bonchev–Trinajstić information content (AvgIpc) is 3.26. The van der Waals surface area contributed by atoms with E-state index in [1.165, 1.54) is 0 Å². The Bertz CT molecular complexity index is 1040. The van der Waals surface area contributed by atoms with Crippen LogP contribution < -0.4 is 0 Å². The molecule has 264 valence electrons. The third-order valence-electron chi connectivity index (χ3n) is 7.29. The number of aliphatic hydroxyl groups excluding tert-OH is 4. The second-order valence-corrected chi connectivity index (χ2v) is 12.0. The molecule has 2 aromatic rings. The quantitative estimate of drug-likeness (QED) is 0.0982. The van der Waals surface area contributed by atoms with Crippen LogP contribution in [-0.2, 0) is 55.0 Å². The Kier molecular flexibility index (Phi) is 22.8. The van der Waals surface area contributed by atoms with Gasteiger partial charge in [0.25, 0.3) is 0 Å². The number of hydrogen-bond donors (Lipinski definition) is 4. The number of carbonyl (C=O) groups is 3. The molecule has 1 aliphatic rings. The van der Waals surface area contributed by atoms with E-state index >= 15 is 0 Å². The van der Waals surface area contributed by atoms with Crippen molar-refractivity contribution < 1.29 is 49.0 Å². The third kappa shape index (κ3) is 22.8. The van der Waals surface area contributed by atoms with E-state index in [9.17, 15) is 24.6 Å². The van der Waals surface area contributed by atoms with Crippen LogP contribution in [0.5, 0.6) is 0 Å². The minimum atomic E-state index is -0.330. The lowest BCUT2D eigenvalue weighted by Crippen LogP contribution is -2.10. The van der Waals surface area contributed by atoms with Crippen LogP contribution in [-0.4, -0.2) is 56.6 Å². The van der Waals surface area contributed by atoms with Crippen LogP contribution in [0.25, 0.3) is 0 Å². The van der Waals surface area contributed by atoms with Gasteiger partial charge in [0.2, 0.25) is 0 Å². The highest BCUT2D eigenvalue weighted by Gasteiger charge is 2.13. The van der Waals surface area contributed by atoms with Gasteiger partial charge in [-0.15, -0.1) is 0 Å². The average molecular weight is 661 g/mol. The molecule has 2 aromatic carbocycles. The second-order valence-electron chi connectivity index (χ2n) is 12.0. The van der Waals surface area contributed by atoms with Gasteiger partial charge >= 0.3 is 17.9 Å². The van der Waals surface area contributed by atoms with Crippen molar-refractivity contribution in [3.05, 3.63) is 70.8 Å². The summed E-state index contributed by atoms with van der Waals surface area (Å²) in [7, 11) is 0. The van der Waals surface area contributed by atoms with Crippen molar-refractivity contribution in [1.29, 1.82) is 0 Å². The van der Waals surface area contributed by atoms with Gasteiger partial charge in [0, 0.05) is 19.3 Å². The number of ether oxygens (including phenoxy) is 3. The Morgan fingerprint density at radius 3 is 1.51 bits per heavy atom. The maximum absolute atomic E-state index is 11.7. The number of carbonyl (C=O) groups excluding carboxylic acids is 3. The van der Waals surface area contributed by atoms with E-state index in [1.54, 1.807) is 38.1 Å². The summed E-state index contributed by atoms with van der Waals surface area (Å²) in [5.41, 5.74) is 3.51. The van der Waals surface area contributed by atoms with Crippen LogP contribution >= 0.6 is 0 Å². The van der Waals surface area contributed by atoms with Gasteiger partial charge in [-0.05, 0) is 88.0 Å². The molecule has 1 aliphatic heterocycles. The van der Waals surface area contributed by atoms with Gasteiger partial charge in [-0.3, -0.25) is 14.4 Å². The van der Waals surface area contributed by atoms with E-state index in [4.69, 9.17) is 24.4 Å². The minimum absolute atomic E-state index is 0.0278.